The zero-order chi connectivity index (χ0) is 15.7. The van der Waals surface area contributed by atoms with Crippen molar-refractivity contribution in [1.82, 2.24) is 0 Å². The molecule has 0 atom stereocenters. The Morgan fingerprint density at radius 1 is 1.29 bits per heavy atom. The first-order chi connectivity index (χ1) is 10.0. The number of rotatable bonds is 8. The number of hydrogen-bond donors (Lipinski definition) is 1. The van der Waals surface area contributed by atoms with Crippen molar-refractivity contribution in [2.24, 2.45) is 5.16 Å². The molecule has 1 N–H and O–H groups in total. The van der Waals surface area contributed by atoms with E-state index < -0.39 is 5.97 Å². The van der Waals surface area contributed by atoms with Crippen LogP contribution < -0.4 is 4.74 Å². The third kappa shape index (κ3) is 6.29. The van der Waals surface area contributed by atoms with Crippen molar-refractivity contribution >= 4 is 11.7 Å². The summed E-state index contributed by atoms with van der Waals surface area (Å²) in [5.41, 5.74) is 1.15. The van der Waals surface area contributed by atoms with Gasteiger partial charge >= 0.3 is 5.97 Å². The lowest BCUT2D eigenvalue weighted by molar-refractivity contribution is -0.139. The molecule has 0 aliphatic heterocycles. The van der Waals surface area contributed by atoms with Gasteiger partial charge < -0.3 is 14.7 Å². The van der Waals surface area contributed by atoms with E-state index >= 15 is 0 Å². The summed E-state index contributed by atoms with van der Waals surface area (Å²) in [5, 5.41) is 11.8. The van der Waals surface area contributed by atoms with Crippen LogP contribution in [0.25, 0.3) is 0 Å². The highest BCUT2D eigenvalue weighted by molar-refractivity contribution is 6.36. The lowest BCUT2D eigenvalue weighted by Crippen LogP contribution is -2.21. The van der Waals surface area contributed by atoms with Crippen molar-refractivity contribution in [2.45, 2.75) is 46.1 Å². The van der Waals surface area contributed by atoms with Crippen molar-refractivity contribution in [1.29, 1.82) is 0 Å². The molecule has 0 saturated carbocycles. The van der Waals surface area contributed by atoms with Gasteiger partial charge in [-0.15, -0.1) is 0 Å². The Kier molecular flexibility index (Phi) is 7.29. The molecule has 0 heterocycles. The second kappa shape index (κ2) is 9.00. The molecule has 21 heavy (non-hydrogen) atoms. The maximum absolute atomic E-state index is 11.6. The van der Waals surface area contributed by atoms with Crippen molar-refractivity contribution < 1.29 is 19.5 Å². The number of hydrogen-bond acceptors (Lipinski definition) is 5. The van der Waals surface area contributed by atoms with Crippen molar-refractivity contribution in [3.63, 3.8) is 0 Å². The molecule has 0 aliphatic rings. The van der Waals surface area contributed by atoms with Gasteiger partial charge in [0.1, 0.15) is 5.75 Å². The van der Waals surface area contributed by atoms with Crippen LogP contribution in [0.5, 0.6) is 5.75 Å². The van der Waals surface area contributed by atoms with E-state index in [-0.39, 0.29) is 11.8 Å². The third-order valence-corrected chi connectivity index (χ3v) is 2.86. The molecule has 5 heteroatoms. The Labute approximate surface area is 125 Å². The van der Waals surface area contributed by atoms with Crippen LogP contribution in [-0.2, 0) is 9.53 Å². The second-order valence-corrected chi connectivity index (χ2v) is 5.07. The number of unbranched alkanes of at least 4 members (excludes halogenated alkanes) is 1. The number of benzene rings is 1. The molecule has 0 bridgehead atoms. The van der Waals surface area contributed by atoms with Gasteiger partial charge in [-0.2, -0.15) is 0 Å². The maximum Gasteiger partial charge on any atom is 0.356 e. The quantitative estimate of drug-likeness (QED) is 0.262. The molecule has 1 rings (SSSR count). The SMILES string of the molecule is Cc1ccccc1OCCCCC(=NO)C(=O)OC(C)C. The molecular formula is C16H23NO4. The lowest BCUT2D eigenvalue weighted by Gasteiger charge is -2.10. The van der Waals surface area contributed by atoms with E-state index in [1.807, 2.05) is 31.2 Å². The first kappa shape index (κ1) is 17.0. The van der Waals surface area contributed by atoms with Crippen LogP contribution >= 0.6 is 0 Å². The monoisotopic (exact) mass is 293 g/mol. The molecular weight excluding hydrogens is 270 g/mol. The van der Waals surface area contributed by atoms with E-state index in [2.05, 4.69) is 5.16 Å². The Hall–Kier alpha value is -2.04. The van der Waals surface area contributed by atoms with Gasteiger partial charge in [-0.05, 0) is 45.2 Å². The number of carbonyl (C=O) groups excluding carboxylic acids is 1. The van der Waals surface area contributed by atoms with Gasteiger partial charge in [0.2, 0.25) is 0 Å². The number of nitrogens with zero attached hydrogens (tertiary/aromatic N) is 1. The van der Waals surface area contributed by atoms with Crippen molar-refractivity contribution in [3.8, 4) is 5.75 Å². The van der Waals surface area contributed by atoms with Gasteiger partial charge in [-0.3, -0.25) is 0 Å². The molecule has 0 aromatic heterocycles. The smallest absolute Gasteiger partial charge is 0.356 e. The van der Waals surface area contributed by atoms with Crippen LogP contribution in [0.1, 0.15) is 38.7 Å². The zero-order valence-corrected chi connectivity index (χ0v) is 12.8. The Morgan fingerprint density at radius 3 is 2.62 bits per heavy atom. The summed E-state index contributed by atoms with van der Waals surface area (Å²) < 4.78 is 10.6. The first-order valence-electron chi connectivity index (χ1n) is 7.15. The minimum atomic E-state index is -0.563. The molecule has 116 valence electrons. The van der Waals surface area contributed by atoms with Crippen molar-refractivity contribution in [3.05, 3.63) is 29.8 Å². The lowest BCUT2D eigenvalue weighted by atomic mass is 10.1. The molecule has 0 spiro atoms. The Bertz CT molecular complexity index is 483. The summed E-state index contributed by atoms with van der Waals surface area (Å²) in [5.74, 6) is 0.306. The summed E-state index contributed by atoms with van der Waals surface area (Å²) in [6.07, 6.45) is 1.61. The number of para-hydroxylation sites is 1. The summed E-state index contributed by atoms with van der Waals surface area (Å²) in [4.78, 5) is 11.6. The van der Waals surface area contributed by atoms with Gasteiger partial charge in [-0.1, -0.05) is 23.4 Å². The average Bonchev–Trinajstić information content (AvgIpc) is 2.43. The maximum atomic E-state index is 11.6. The second-order valence-electron chi connectivity index (χ2n) is 5.07. The van der Waals surface area contributed by atoms with Crippen LogP contribution in [0.4, 0.5) is 0 Å². The Morgan fingerprint density at radius 2 is 2.00 bits per heavy atom. The molecule has 0 radical (unpaired) electrons. The van der Waals surface area contributed by atoms with Crippen LogP contribution in [0, 0.1) is 6.92 Å². The first-order valence-corrected chi connectivity index (χ1v) is 7.15. The molecule has 0 fully saturated rings. The highest BCUT2D eigenvalue weighted by Gasteiger charge is 2.14. The highest BCUT2D eigenvalue weighted by Crippen LogP contribution is 2.16. The number of aryl methyl sites for hydroxylation is 1. The molecule has 0 unspecified atom stereocenters. The summed E-state index contributed by atoms with van der Waals surface area (Å²) in [6, 6.07) is 7.82. The summed E-state index contributed by atoms with van der Waals surface area (Å²) in [7, 11) is 0. The minimum Gasteiger partial charge on any atom is -0.493 e. The van der Waals surface area contributed by atoms with E-state index in [0.717, 1.165) is 17.7 Å². The number of oxime groups is 1. The fourth-order valence-corrected chi connectivity index (χ4v) is 1.77. The van der Waals surface area contributed by atoms with Crippen LogP contribution in [0.3, 0.4) is 0 Å². The van der Waals surface area contributed by atoms with Crippen LogP contribution in [-0.4, -0.2) is 29.6 Å². The van der Waals surface area contributed by atoms with E-state index in [1.54, 1.807) is 13.8 Å². The number of ether oxygens (including phenoxy) is 2. The average molecular weight is 293 g/mol. The number of carbonyl (C=O) groups is 1. The van der Waals surface area contributed by atoms with E-state index in [4.69, 9.17) is 14.7 Å². The van der Waals surface area contributed by atoms with Crippen molar-refractivity contribution in [2.75, 3.05) is 6.61 Å². The molecule has 5 nitrogen and oxygen atoms in total. The fraction of sp³-hybridized carbons (Fsp3) is 0.500. The van der Waals surface area contributed by atoms with Gasteiger partial charge in [0.15, 0.2) is 5.71 Å². The fourth-order valence-electron chi connectivity index (χ4n) is 1.77. The van der Waals surface area contributed by atoms with E-state index in [0.29, 0.717) is 19.4 Å². The predicted octanol–water partition coefficient (Wildman–Crippen LogP) is 3.33. The molecule has 0 amide bonds. The largest absolute Gasteiger partial charge is 0.493 e. The van der Waals surface area contributed by atoms with E-state index in [9.17, 15) is 4.79 Å². The standard InChI is InChI=1S/C16H23NO4/c1-12(2)21-16(18)14(17-19)9-6-7-11-20-15-10-5-4-8-13(15)3/h4-5,8,10,12,19H,6-7,9,11H2,1-3H3. The molecule has 0 aliphatic carbocycles. The molecule has 0 saturated heterocycles. The molecule has 1 aromatic rings. The summed E-state index contributed by atoms with van der Waals surface area (Å²) >= 11 is 0. The number of esters is 1. The zero-order valence-electron chi connectivity index (χ0n) is 12.8. The molecule has 1 aromatic carbocycles. The Balaban J connectivity index is 2.27. The van der Waals surface area contributed by atoms with Gasteiger partial charge in [0.05, 0.1) is 12.7 Å². The van der Waals surface area contributed by atoms with Crippen LogP contribution in [0.15, 0.2) is 29.4 Å². The summed E-state index contributed by atoms with van der Waals surface area (Å²) in [6.45, 7) is 6.06. The highest BCUT2D eigenvalue weighted by atomic mass is 16.5. The van der Waals surface area contributed by atoms with Gasteiger partial charge in [0.25, 0.3) is 0 Å². The van der Waals surface area contributed by atoms with Gasteiger partial charge in [0, 0.05) is 6.42 Å². The normalized spacial score (nSPS) is 11.5. The van der Waals surface area contributed by atoms with Crippen LogP contribution in [0.2, 0.25) is 0 Å². The third-order valence-electron chi connectivity index (χ3n) is 2.86. The minimum absolute atomic E-state index is 0.0552. The predicted molar refractivity (Wildman–Crippen MR) is 81.0 cm³/mol. The van der Waals surface area contributed by atoms with Gasteiger partial charge in [-0.25, -0.2) is 4.79 Å². The topological polar surface area (TPSA) is 68.1 Å². The van der Waals surface area contributed by atoms with E-state index in [1.165, 1.54) is 0 Å².